The summed E-state index contributed by atoms with van der Waals surface area (Å²) in [6, 6.07) is 0. The number of rotatable bonds is 5. The number of hydrogen-bond donors (Lipinski definition) is 0. The molecule has 0 radical (unpaired) electrons. The second-order valence-corrected chi connectivity index (χ2v) is 5.01. The normalized spacial score (nSPS) is 37.1. The van der Waals surface area contributed by atoms with Crippen molar-refractivity contribution in [3.8, 4) is 0 Å². The molecule has 2 aliphatic carbocycles. The summed E-state index contributed by atoms with van der Waals surface area (Å²) in [4.78, 5) is 11.2. The molecule has 0 bridgehead atoms. The quantitative estimate of drug-likeness (QED) is 0.411. The summed E-state index contributed by atoms with van der Waals surface area (Å²) >= 11 is 5.47. The number of fused-ring (bicyclic) bond motifs is 1. The van der Waals surface area contributed by atoms with Crippen molar-refractivity contribution < 1.29 is 9.53 Å². The summed E-state index contributed by atoms with van der Waals surface area (Å²) in [5.74, 6) is -0.293. The van der Waals surface area contributed by atoms with Crippen molar-refractivity contribution in [2.24, 2.45) is 5.41 Å². The predicted molar refractivity (Wildman–Crippen MR) is 59.9 cm³/mol. The summed E-state index contributed by atoms with van der Waals surface area (Å²) in [6.07, 6.45) is 8.48. The van der Waals surface area contributed by atoms with E-state index in [0.29, 0.717) is 0 Å². The molecule has 0 aromatic heterocycles. The van der Waals surface area contributed by atoms with Gasteiger partial charge in [0.15, 0.2) is 0 Å². The number of esters is 1. The molecule has 3 heteroatoms. The standard InChI is InChI=1S/C12H17ClO2/c1-2-3-5-11-6-4-7-12(11,9-11)15-10(14)8-13/h2H,1,3-9H2/t11-,12-/m1/s1. The third kappa shape index (κ3) is 1.69. The van der Waals surface area contributed by atoms with Gasteiger partial charge in [-0.1, -0.05) is 6.08 Å². The molecule has 0 aromatic carbocycles. The molecule has 0 amide bonds. The molecule has 0 spiro atoms. The molecule has 0 unspecified atom stereocenters. The molecular weight excluding hydrogens is 212 g/mol. The molecule has 0 saturated heterocycles. The molecule has 2 atom stereocenters. The topological polar surface area (TPSA) is 26.3 Å². The molecule has 2 fully saturated rings. The van der Waals surface area contributed by atoms with Crippen molar-refractivity contribution in [2.75, 3.05) is 5.88 Å². The Labute approximate surface area is 95.6 Å². The van der Waals surface area contributed by atoms with Crippen molar-refractivity contribution in [3.05, 3.63) is 12.7 Å². The van der Waals surface area contributed by atoms with Gasteiger partial charge >= 0.3 is 5.97 Å². The molecule has 2 aliphatic rings. The number of carbonyl (C=O) groups excluding carboxylic acids is 1. The highest BCUT2D eigenvalue weighted by Crippen LogP contribution is 2.71. The number of hydrogen-bond acceptors (Lipinski definition) is 2. The lowest BCUT2D eigenvalue weighted by Gasteiger charge is -2.18. The summed E-state index contributed by atoms with van der Waals surface area (Å²) in [5.41, 5.74) is 0.116. The van der Waals surface area contributed by atoms with Crippen LogP contribution in [0.25, 0.3) is 0 Å². The van der Waals surface area contributed by atoms with Gasteiger partial charge in [0.25, 0.3) is 0 Å². The first kappa shape index (κ1) is 11.0. The maximum absolute atomic E-state index is 11.2. The van der Waals surface area contributed by atoms with Crippen molar-refractivity contribution in [1.82, 2.24) is 0 Å². The van der Waals surface area contributed by atoms with Gasteiger partial charge in [0.05, 0.1) is 0 Å². The highest BCUT2D eigenvalue weighted by molar-refractivity contribution is 6.26. The van der Waals surface area contributed by atoms with E-state index in [4.69, 9.17) is 16.3 Å². The zero-order chi connectivity index (χ0) is 10.9. The summed E-state index contributed by atoms with van der Waals surface area (Å²) in [6.45, 7) is 3.74. The Morgan fingerprint density at radius 3 is 3.00 bits per heavy atom. The maximum Gasteiger partial charge on any atom is 0.321 e. The minimum Gasteiger partial charge on any atom is -0.458 e. The van der Waals surface area contributed by atoms with E-state index >= 15 is 0 Å². The second-order valence-electron chi connectivity index (χ2n) is 4.74. The fourth-order valence-electron chi connectivity index (χ4n) is 3.14. The molecular formula is C12H17ClO2. The van der Waals surface area contributed by atoms with Crippen LogP contribution >= 0.6 is 11.6 Å². The van der Waals surface area contributed by atoms with Crippen LogP contribution < -0.4 is 0 Å². The zero-order valence-electron chi connectivity index (χ0n) is 8.93. The lowest BCUT2D eigenvalue weighted by molar-refractivity contribution is -0.149. The van der Waals surface area contributed by atoms with E-state index in [0.717, 1.165) is 25.7 Å². The molecule has 0 aromatic rings. The van der Waals surface area contributed by atoms with Crippen LogP contribution in [-0.4, -0.2) is 17.5 Å². The number of carbonyl (C=O) groups is 1. The highest BCUT2D eigenvalue weighted by atomic mass is 35.5. The van der Waals surface area contributed by atoms with E-state index in [2.05, 4.69) is 6.58 Å². The van der Waals surface area contributed by atoms with Crippen LogP contribution in [0.4, 0.5) is 0 Å². The summed E-state index contributed by atoms with van der Waals surface area (Å²) in [7, 11) is 0. The van der Waals surface area contributed by atoms with E-state index < -0.39 is 0 Å². The average Bonchev–Trinajstić information content (AvgIpc) is 2.71. The Bertz CT molecular complexity index is 289. The summed E-state index contributed by atoms with van der Waals surface area (Å²) < 4.78 is 5.52. The number of allylic oxidation sites excluding steroid dienone is 1. The van der Waals surface area contributed by atoms with Crippen LogP contribution in [0.1, 0.15) is 38.5 Å². The van der Waals surface area contributed by atoms with Gasteiger partial charge in [-0.3, -0.25) is 4.79 Å². The van der Waals surface area contributed by atoms with E-state index in [1.54, 1.807) is 0 Å². The first-order chi connectivity index (χ1) is 7.18. The number of ether oxygens (including phenoxy) is 1. The van der Waals surface area contributed by atoms with Crippen LogP contribution in [0.5, 0.6) is 0 Å². The SMILES string of the molecule is C=CCC[C@]12CCC[C@@]1(OC(=O)CCl)C2. The van der Waals surface area contributed by atoms with Crippen molar-refractivity contribution >= 4 is 17.6 Å². The molecule has 2 nitrogen and oxygen atoms in total. The first-order valence-electron chi connectivity index (χ1n) is 5.57. The van der Waals surface area contributed by atoms with Crippen LogP contribution in [0, 0.1) is 5.41 Å². The lowest BCUT2D eigenvalue weighted by atomic mass is 9.96. The largest absolute Gasteiger partial charge is 0.458 e. The lowest BCUT2D eigenvalue weighted by Crippen LogP contribution is -2.23. The third-order valence-corrected chi connectivity index (χ3v) is 4.16. The number of alkyl halides is 1. The number of halogens is 1. The molecule has 2 rings (SSSR count). The van der Waals surface area contributed by atoms with Crippen molar-refractivity contribution in [3.63, 3.8) is 0 Å². The summed E-state index contributed by atoms with van der Waals surface area (Å²) in [5, 5.41) is 0. The van der Waals surface area contributed by atoms with E-state index in [9.17, 15) is 4.79 Å². The fourth-order valence-corrected chi connectivity index (χ4v) is 3.20. The molecule has 84 valence electrons. The van der Waals surface area contributed by atoms with Crippen molar-refractivity contribution in [2.45, 2.75) is 44.1 Å². The minimum atomic E-state index is -0.265. The van der Waals surface area contributed by atoms with E-state index in [-0.39, 0.29) is 22.9 Å². The third-order valence-electron chi connectivity index (χ3n) is 3.95. The van der Waals surface area contributed by atoms with Gasteiger partial charge in [0, 0.05) is 5.41 Å². The van der Waals surface area contributed by atoms with Crippen LogP contribution in [0.15, 0.2) is 12.7 Å². The van der Waals surface area contributed by atoms with E-state index in [1.165, 1.54) is 12.8 Å². The fraction of sp³-hybridized carbons (Fsp3) is 0.750. The van der Waals surface area contributed by atoms with Gasteiger partial charge in [0.2, 0.25) is 0 Å². The van der Waals surface area contributed by atoms with Gasteiger partial charge in [-0.05, 0) is 38.5 Å². The monoisotopic (exact) mass is 228 g/mol. The van der Waals surface area contributed by atoms with Crippen LogP contribution in [0.3, 0.4) is 0 Å². The predicted octanol–water partition coefficient (Wildman–Crippen LogP) is 3.05. The minimum absolute atomic E-state index is 0.0285. The van der Waals surface area contributed by atoms with Crippen molar-refractivity contribution in [1.29, 1.82) is 0 Å². The van der Waals surface area contributed by atoms with Gasteiger partial charge in [-0.25, -0.2) is 0 Å². The molecule has 2 saturated carbocycles. The van der Waals surface area contributed by atoms with Crippen LogP contribution in [0.2, 0.25) is 0 Å². The Balaban J connectivity index is 1.98. The Morgan fingerprint density at radius 2 is 2.33 bits per heavy atom. The van der Waals surface area contributed by atoms with Gasteiger partial charge in [0.1, 0.15) is 11.5 Å². The molecule has 0 aliphatic heterocycles. The zero-order valence-corrected chi connectivity index (χ0v) is 9.68. The molecule has 0 N–H and O–H groups in total. The smallest absolute Gasteiger partial charge is 0.321 e. The Morgan fingerprint density at radius 1 is 1.53 bits per heavy atom. The molecule has 0 heterocycles. The second kappa shape index (κ2) is 3.82. The average molecular weight is 229 g/mol. The van der Waals surface area contributed by atoms with E-state index in [1.807, 2.05) is 6.08 Å². The van der Waals surface area contributed by atoms with Gasteiger partial charge < -0.3 is 4.74 Å². The van der Waals surface area contributed by atoms with Crippen LogP contribution in [-0.2, 0) is 9.53 Å². The Kier molecular flexibility index (Phi) is 2.80. The van der Waals surface area contributed by atoms with Gasteiger partial charge in [-0.2, -0.15) is 0 Å². The first-order valence-corrected chi connectivity index (χ1v) is 6.10. The van der Waals surface area contributed by atoms with Gasteiger partial charge in [-0.15, -0.1) is 18.2 Å². The highest BCUT2D eigenvalue weighted by Gasteiger charge is 2.71. The Hall–Kier alpha value is -0.500. The maximum atomic E-state index is 11.2. The molecule has 15 heavy (non-hydrogen) atoms.